The molecule has 0 saturated carbocycles. The number of anilines is 1. The SMILES string of the molecule is Cc1c(Br)nc(OCC2CCCN2C)nc1N1CCN(C(=O)O)CC1. The van der Waals surface area contributed by atoms with Gasteiger partial charge in [0.1, 0.15) is 17.0 Å². The molecule has 0 aromatic carbocycles. The Kier molecular flexibility index (Phi) is 5.63. The van der Waals surface area contributed by atoms with Crippen molar-refractivity contribution in [2.45, 2.75) is 25.8 Å². The van der Waals surface area contributed by atoms with E-state index in [4.69, 9.17) is 9.84 Å². The lowest BCUT2D eigenvalue weighted by Crippen LogP contribution is -2.48. The fourth-order valence-corrected chi connectivity index (χ4v) is 3.63. The van der Waals surface area contributed by atoms with Gasteiger partial charge in [-0.05, 0) is 49.3 Å². The molecule has 0 spiro atoms. The molecule has 25 heavy (non-hydrogen) atoms. The highest BCUT2D eigenvalue weighted by molar-refractivity contribution is 9.10. The van der Waals surface area contributed by atoms with E-state index in [1.54, 1.807) is 0 Å². The molecule has 0 bridgehead atoms. The van der Waals surface area contributed by atoms with E-state index in [1.807, 2.05) is 6.92 Å². The first kappa shape index (κ1) is 18.2. The molecular formula is C16H24BrN5O3. The molecule has 1 atom stereocenters. The van der Waals surface area contributed by atoms with Gasteiger partial charge in [-0.1, -0.05) is 0 Å². The quantitative estimate of drug-likeness (QED) is 0.753. The number of amides is 1. The predicted octanol–water partition coefficient (Wildman–Crippen LogP) is 1.82. The number of nitrogens with zero attached hydrogens (tertiary/aromatic N) is 5. The Balaban J connectivity index is 1.69. The number of aromatic nitrogens is 2. The molecule has 2 aliphatic heterocycles. The second-order valence-corrected chi connectivity index (χ2v) is 7.34. The molecule has 1 unspecified atom stereocenters. The molecule has 2 saturated heterocycles. The van der Waals surface area contributed by atoms with Crippen LogP contribution < -0.4 is 9.64 Å². The van der Waals surface area contributed by atoms with Crippen LogP contribution in [-0.4, -0.2) is 83.4 Å². The highest BCUT2D eigenvalue weighted by Crippen LogP contribution is 2.27. The van der Waals surface area contributed by atoms with E-state index in [9.17, 15) is 4.79 Å². The van der Waals surface area contributed by atoms with Crippen LogP contribution in [0.15, 0.2) is 4.60 Å². The van der Waals surface area contributed by atoms with Crippen molar-refractivity contribution in [3.8, 4) is 6.01 Å². The Morgan fingerprint density at radius 2 is 2.00 bits per heavy atom. The highest BCUT2D eigenvalue weighted by Gasteiger charge is 2.25. The topological polar surface area (TPSA) is 82.0 Å². The maximum Gasteiger partial charge on any atom is 0.407 e. The van der Waals surface area contributed by atoms with E-state index in [0.29, 0.717) is 49.4 Å². The molecule has 1 amide bonds. The van der Waals surface area contributed by atoms with Gasteiger partial charge in [0.2, 0.25) is 0 Å². The van der Waals surface area contributed by atoms with Gasteiger partial charge in [0.25, 0.3) is 0 Å². The fourth-order valence-electron chi connectivity index (χ4n) is 3.30. The number of hydrogen-bond acceptors (Lipinski definition) is 6. The van der Waals surface area contributed by atoms with Crippen LogP contribution in [0.5, 0.6) is 6.01 Å². The predicted molar refractivity (Wildman–Crippen MR) is 97.4 cm³/mol. The number of piperazine rings is 1. The molecule has 1 aromatic heterocycles. The number of hydrogen-bond donors (Lipinski definition) is 1. The van der Waals surface area contributed by atoms with Gasteiger partial charge < -0.3 is 24.5 Å². The van der Waals surface area contributed by atoms with Gasteiger partial charge in [-0.15, -0.1) is 0 Å². The van der Waals surface area contributed by atoms with E-state index in [1.165, 1.54) is 11.3 Å². The zero-order chi connectivity index (χ0) is 18.0. The summed E-state index contributed by atoms with van der Waals surface area (Å²) >= 11 is 3.49. The summed E-state index contributed by atoms with van der Waals surface area (Å²) in [7, 11) is 2.11. The lowest BCUT2D eigenvalue weighted by molar-refractivity contribution is 0.142. The number of ether oxygens (including phenoxy) is 1. The van der Waals surface area contributed by atoms with Crippen LogP contribution in [0, 0.1) is 6.92 Å². The van der Waals surface area contributed by atoms with Crippen LogP contribution in [0.3, 0.4) is 0 Å². The molecule has 8 nitrogen and oxygen atoms in total. The van der Waals surface area contributed by atoms with Gasteiger partial charge in [0.05, 0.1) is 0 Å². The van der Waals surface area contributed by atoms with Crippen molar-refractivity contribution in [1.82, 2.24) is 19.8 Å². The zero-order valence-corrected chi connectivity index (χ0v) is 16.2. The van der Waals surface area contributed by atoms with Gasteiger partial charge in [0.15, 0.2) is 0 Å². The molecule has 2 aliphatic rings. The van der Waals surface area contributed by atoms with E-state index in [-0.39, 0.29) is 0 Å². The number of rotatable bonds is 4. The van der Waals surface area contributed by atoms with Crippen LogP contribution >= 0.6 is 15.9 Å². The van der Waals surface area contributed by atoms with E-state index in [0.717, 1.165) is 24.3 Å². The zero-order valence-electron chi connectivity index (χ0n) is 14.6. The highest BCUT2D eigenvalue weighted by atomic mass is 79.9. The van der Waals surface area contributed by atoms with Gasteiger partial charge >= 0.3 is 12.1 Å². The maximum absolute atomic E-state index is 11.1. The molecule has 3 rings (SSSR count). The third-order valence-electron chi connectivity index (χ3n) is 4.97. The minimum atomic E-state index is -0.870. The third-order valence-corrected chi connectivity index (χ3v) is 5.74. The van der Waals surface area contributed by atoms with Crippen LogP contribution in [-0.2, 0) is 0 Å². The van der Waals surface area contributed by atoms with Crippen molar-refractivity contribution in [3.63, 3.8) is 0 Å². The Labute approximate surface area is 155 Å². The van der Waals surface area contributed by atoms with Crippen molar-refractivity contribution in [3.05, 3.63) is 10.2 Å². The van der Waals surface area contributed by atoms with Crippen LogP contribution in [0.25, 0.3) is 0 Å². The summed E-state index contributed by atoms with van der Waals surface area (Å²) in [6.45, 7) is 5.81. The van der Waals surface area contributed by atoms with Crippen molar-refractivity contribution in [2.24, 2.45) is 0 Å². The van der Waals surface area contributed by atoms with Crippen LogP contribution in [0.2, 0.25) is 0 Å². The lowest BCUT2D eigenvalue weighted by Gasteiger charge is -2.34. The normalized spacial score (nSPS) is 21.6. The fraction of sp³-hybridized carbons (Fsp3) is 0.688. The minimum Gasteiger partial charge on any atom is -0.465 e. The Morgan fingerprint density at radius 3 is 2.60 bits per heavy atom. The second kappa shape index (κ2) is 7.74. The second-order valence-electron chi connectivity index (χ2n) is 6.59. The Morgan fingerprint density at radius 1 is 1.28 bits per heavy atom. The summed E-state index contributed by atoms with van der Waals surface area (Å²) in [6, 6.07) is 0.777. The van der Waals surface area contributed by atoms with Gasteiger partial charge in [0, 0.05) is 37.8 Å². The first-order chi connectivity index (χ1) is 12.0. The van der Waals surface area contributed by atoms with E-state index < -0.39 is 6.09 Å². The smallest absolute Gasteiger partial charge is 0.407 e. The van der Waals surface area contributed by atoms with Crippen molar-refractivity contribution in [1.29, 1.82) is 0 Å². The van der Waals surface area contributed by atoms with Gasteiger partial charge in [-0.25, -0.2) is 4.79 Å². The largest absolute Gasteiger partial charge is 0.465 e. The monoisotopic (exact) mass is 413 g/mol. The summed E-state index contributed by atoms with van der Waals surface area (Å²) in [6.07, 6.45) is 1.46. The summed E-state index contributed by atoms with van der Waals surface area (Å²) in [5, 5.41) is 9.08. The van der Waals surface area contributed by atoms with E-state index >= 15 is 0 Å². The van der Waals surface area contributed by atoms with Crippen LogP contribution in [0.4, 0.5) is 10.6 Å². The van der Waals surface area contributed by atoms with Crippen molar-refractivity contribution >= 4 is 27.8 Å². The van der Waals surface area contributed by atoms with Crippen molar-refractivity contribution in [2.75, 3.05) is 51.3 Å². The number of likely N-dealkylation sites (N-methyl/N-ethyl adjacent to an activating group) is 1. The maximum atomic E-state index is 11.1. The van der Waals surface area contributed by atoms with Gasteiger partial charge in [-0.3, -0.25) is 0 Å². The number of carboxylic acid groups (broad SMARTS) is 1. The summed E-state index contributed by atoms with van der Waals surface area (Å²) < 4.78 is 6.58. The molecular weight excluding hydrogens is 390 g/mol. The molecule has 3 heterocycles. The van der Waals surface area contributed by atoms with Crippen LogP contribution in [0.1, 0.15) is 18.4 Å². The molecule has 1 aromatic rings. The average molecular weight is 414 g/mol. The minimum absolute atomic E-state index is 0.369. The standard InChI is InChI=1S/C16H24BrN5O3/c1-11-13(17)18-15(25-10-12-4-3-5-20(12)2)19-14(11)21-6-8-22(9-7-21)16(23)24/h12H,3-10H2,1-2H3,(H,23,24). The lowest BCUT2D eigenvalue weighted by atomic mass is 10.2. The summed E-state index contributed by atoms with van der Waals surface area (Å²) in [4.78, 5) is 25.9. The average Bonchev–Trinajstić information content (AvgIpc) is 3.01. The number of carbonyl (C=O) groups is 1. The Hall–Kier alpha value is -1.61. The number of likely N-dealkylation sites (tertiary alicyclic amines) is 1. The van der Waals surface area contributed by atoms with Gasteiger partial charge in [-0.2, -0.15) is 9.97 Å². The molecule has 0 radical (unpaired) electrons. The summed E-state index contributed by atoms with van der Waals surface area (Å²) in [5.74, 6) is 0.807. The molecule has 0 aliphatic carbocycles. The number of halogens is 1. The third kappa shape index (κ3) is 4.14. The first-order valence-electron chi connectivity index (χ1n) is 8.55. The molecule has 2 fully saturated rings. The molecule has 9 heteroatoms. The van der Waals surface area contributed by atoms with E-state index in [2.05, 4.69) is 42.7 Å². The van der Waals surface area contributed by atoms with Crippen molar-refractivity contribution < 1.29 is 14.6 Å². The Bertz CT molecular complexity index is 636. The molecule has 138 valence electrons. The molecule has 1 N–H and O–H groups in total. The summed E-state index contributed by atoms with van der Waals surface area (Å²) in [5.41, 5.74) is 0.939. The first-order valence-corrected chi connectivity index (χ1v) is 9.35.